The van der Waals surface area contributed by atoms with Crippen molar-refractivity contribution in [2.75, 3.05) is 6.61 Å². The van der Waals surface area contributed by atoms with E-state index in [0.29, 0.717) is 6.61 Å². The molecule has 3 heteroatoms. The van der Waals surface area contributed by atoms with Gasteiger partial charge >= 0.3 is 0 Å². The van der Waals surface area contributed by atoms with Gasteiger partial charge in [0, 0.05) is 5.56 Å². The second kappa shape index (κ2) is 6.58. The molecule has 0 aliphatic carbocycles. The van der Waals surface area contributed by atoms with Crippen LogP contribution in [0.5, 0.6) is 5.75 Å². The zero-order valence-corrected chi connectivity index (χ0v) is 12.2. The van der Waals surface area contributed by atoms with E-state index in [2.05, 4.69) is 6.07 Å². The molecule has 1 aromatic carbocycles. The van der Waals surface area contributed by atoms with E-state index in [1.54, 1.807) is 6.92 Å². The summed E-state index contributed by atoms with van der Waals surface area (Å²) in [5.41, 5.74) is 1.62. The van der Waals surface area contributed by atoms with Crippen LogP contribution in [0, 0.1) is 23.7 Å². The summed E-state index contributed by atoms with van der Waals surface area (Å²) in [5.74, 6) is 0.732. The van der Waals surface area contributed by atoms with E-state index < -0.39 is 6.10 Å². The van der Waals surface area contributed by atoms with Gasteiger partial charge in [-0.25, -0.2) is 0 Å². The molecule has 0 amide bonds. The maximum absolute atomic E-state index is 9.73. The van der Waals surface area contributed by atoms with E-state index >= 15 is 0 Å². The molecule has 0 radical (unpaired) electrons. The van der Waals surface area contributed by atoms with Crippen molar-refractivity contribution in [3.8, 4) is 11.8 Å². The lowest BCUT2D eigenvalue weighted by Gasteiger charge is -2.17. The largest absolute Gasteiger partial charge is 0.493 e. The predicted octanol–water partition coefficient (Wildman–Crippen LogP) is 3.76. The molecule has 1 N–H and O–H groups in total. The SMILES string of the molecule is Cc1ccc(OCCCC(C)(C)C#N)c([C@@H](C)O)c1. The van der Waals surface area contributed by atoms with Crippen molar-refractivity contribution in [3.05, 3.63) is 29.3 Å². The standard InChI is InChI=1S/C16H23NO2/c1-12-6-7-15(14(10-12)13(2)18)19-9-5-8-16(3,4)11-17/h6-7,10,13,18H,5,8-9H2,1-4H3/t13-/m1/s1. The minimum Gasteiger partial charge on any atom is -0.493 e. The first-order valence-corrected chi connectivity index (χ1v) is 6.68. The molecule has 0 fully saturated rings. The summed E-state index contributed by atoms with van der Waals surface area (Å²) in [6.45, 7) is 8.15. The zero-order chi connectivity index (χ0) is 14.5. The summed E-state index contributed by atoms with van der Waals surface area (Å²) >= 11 is 0. The summed E-state index contributed by atoms with van der Waals surface area (Å²) in [4.78, 5) is 0. The molecule has 0 aliphatic rings. The Hall–Kier alpha value is -1.53. The second-order valence-electron chi connectivity index (χ2n) is 5.66. The number of aryl methyl sites for hydroxylation is 1. The van der Waals surface area contributed by atoms with Gasteiger partial charge in [0.25, 0.3) is 0 Å². The number of aliphatic hydroxyl groups excluding tert-OH is 1. The highest BCUT2D eigenvalue weighted by atomic mass is 16.5. The van der Waals surface area contributed by atoms with Gasteiger partial charge in [-0.2, -0.15) is 5.26 Å². The molecule has 0 aromatic heterocycles. The third-order valence-corrected chi connectivity index (χ3v) is 3.12. The van der Waals surface area contributed by atoms with E-state index in [9.17, 15) is 5.11 Å². The van der Waals surface area contributed by atoms with Gasteiger partial charge in [-0.1, -0.05) is 11.6 Å². The van der Waals surface area contributed by atoms with E-state index in [0.717, 1.165) is 29.7 Å². The van der Waals surface area contributed by atoms with Crippen molar-refractivity contribution in [2.24, 2.45) is 5.41 Å². The third-order valence-electron chi connectivity index (χ3n) is 3.12. The molecular formula is C16H23NO2. The summed E-state index contributed by atoms with van der Waals surface area (Å²) in [6, 6.07) is 8.09. The molecule has 0 saturated heterocycles. The lowest BCUT2D eigenvalue weighted by Crippen LogP contribution is -2.10. The lowest BCUT2D eigenvalue weighted by atomic mass is 9.90. The highest BCUT2D eigenvalue weighted by Crippen LogP contribution is 2.27. The first kappa shape index (κ1) is 15.5. The van der Waals surface area contributed by atoms with Gasteiger partial charge in [-0.3, -0.25) is 0 Å². The zero-order valence-electron chi connectivity index (χ0n) is 12.2. The number of nitrogens with zero attached hydrogens (tertiary/aromatic N) is 1. The number of ether oxygens (including phenoxy) is 1. The maximum atomic E-state index is 9.73. The van der Waals surface area contributed by atoms with E-state index in [-0.39, 0.29) is 5.41 Å². The molecule has 1 atom stereocenters. The van der Waals surface area contributed by atoms with E-state index in [4.69, 9.17) is 10.00 Å². The summed E-state index contributed by atoms with van der Waals surface area (Å²) in [6.07, 6.45) is 1.10. The maximum Gasteiger partial charge on any atom is 0.125 e. The van der Waals surface area contributed by atoms with Crippen LogP contribution in [0.15, 0.2) is 18.2 Å². The fourth-order valence-electron chi connectivity index (χ4n) is 1.88. The highest BCUT2D eigenvalue weighted by molar-refractivity contribution is 5.38. The first-order valence-electron chi connectivity index (χ1n) is 6.68. The molecule has 0 aliphatic heterocycles. The van der Waals surface area contributed by atoms with Gasteiger partial charge in [0.2, 0.25) is 0 Å². The Bertz CT molecular complexity index is 458. The first-order chi connectivity index (χ1) is 8.85. The van der Waals surface area contributed by atoms with Crippen molar-refractivity contribution >= 4 is 0 Å². The minimum atomic E-state index is -0.537. The molecule has 1 aromatic rings. The van der Waals surface area contributed by atoms with Gasteiger partial charge in [-0.15, -0.1) is 0 Å². The smallest absolute Gasteiger partial charge is 0.125 e. The van der Waals surface area contributed by atoms with E-state index in [1.165, 1.54) is 0 Å². The monoisotopic (exact) mass is 261 g/mol. The molecule has 0 spiro atoms. The summed E-state index contributed by atoms with van der Waals surface area (Å²) < 4.78 is 5.72. The number of aliphatic hydroxyl groups is 1. The van der Waals surface area contributed by atoms with Crippen molar-refractivity contribution in [3.63, 3.8) is 0 Å². The van der Waals surface area contributed by atoms with Crippen LogP contribution in [0.3, 0.4) is 0 Å². The Kier molecular flexibility index (Phi) is 5.38. The van der Waals surface area contributed by atoms with Crippen molar-refractivity contribution in [2.45, 2.75) is 46.6 Å². The van der Waals surface area contributed by atoms with Crippen molar-refractivity contribution < 1.29 is 9.84 Å². The molecule has 0 saturated carbocycles. The van der Waals surface area contributed by atoms with Crippen LogP contribution in [0.4, 0.5) is 0 Å². The number of rotatable bonds is 6. The van der Waals surface area contributed by atoms with Gasteiger partial charge in [0.15, 0.2) is 0 Å². The van der Waals surface area contributed by atoms with Crippen LogP contribution in [0.2, 0.25) is 0 Å². The Morgan fingerprint density at radius 1 is 1.42 bits per heavy atom. The summed E-state index contributed by atoms with van der Waals surface area (Å²) in [7, 11) is 0. The molecule has 0 unspecified atom stereocenters. The molecular weight excluding hydrogens is 238 g/mol. The number of hydrogen-bond acceptors (Lipinski definition) is 3. The van der Waals surface area contributed by atoms with E-state index in [1.807, 2.05) is 39.0 Å². The molecule has 104 valence electrons. The van der Waals surface area contributed by atoms with Crippen molar-refractivity contribution in [1.29, 1.82) is 5.26 Å². The van der Waals surface area contributed by atoms with Crippen LogP contribution in [0.1, 0.15) is 50.8 Å². The fourth-order valence-corrected chi connectivity index (χ4v) is 1.88. The fraction of sp³-hybridized carbons (Fsp3) is 0.562. The van der Waals surface area contributed by atoms with Gasteiger partial charge < -0.3 is 9.84 Å². The van der Waals surface area contributed by atoms with Gasteiger partial charge in [-0.05, 0) is 52.7 Å². The third kappa shape index (κ3) is 4.92. The van der Waals surface area contributed by atoms with Gasteiger partial charge in [0.05, 0.1) is 24.2 Å². The Balaban J connectivity index is 2.57. The second-order valence-corrected chi connectivity index (χ2v) is 5.66. The number of hydrogen-bond donors (Lipinski definition) is 1. The van der Waals surface area contributed by atoms with Crippen molar-refractivity contribution in [1.82, 2.24) is 0 Å². The highest BCUT2D eigenvalue weighted by Gasteiger charge is 2.16. The molecule has 3 nitrogen and oxygen atoms in total. The van der Waals surface area contributed by atoms with Crippen LogP contribution in [0.25, 0.3) is 0 Å². The Morgan fingerprint density at radius 3 is 2.68 bits per heavy atom. The quantitative estimate of drug-likeness (QED) is 0.793. The number of benzene rings is 1. The molecule has 19 heavy (non-hydrogen) atoms. The summed E-state index contributed by atoms with van der Waals surface area (Å²) in [5, 5.41) is 18.7. The van der Waals surface area contributed by atoms with Gasteiger partial charge in [0.1, 0.15) is 5.75 Å². The number of nitriles is 1. The average Bonchev–Trinajstić information content (AvgIpc) is 2.36. The Labute approximate surface area is 115 Å². The van der Waals surface area contributed by atoms with Crippen LogP contribution in [-0.4, -0.2) is 11.7 Å². The Morgan fingerprint density at radius 2 is 2.11 bits per heavy atom. The minimum absolute atomic E-state index is 0.302. The normalized spacial score (nSPS) is 12.8. The molecule has 0 bridgehead atoms. The molecule has 1 rings (SSSR count). The van der Waals surface area contributed by atoms with Crippen LogP contribution < -0.4 is 4.74 Å². The van der Waals surface area contributed by atoms with Crippen LogP contribution in [-0.2, 0) is 0 Å². The lowest BCUT2D eigenvalue weighted by molar-refractivity contribution is 0.190. The average molecular weight is 261 g/mol. The topological polar surface area (TPSA) is 53.2 Å². The molecule has 0 heterocycles. The predicted molar refractivity (Wildman–Crippen MR) is 75.9 cm³/mol. The van der Waals surface area contributed by atoms with Crippen LogP contribution >= 0.6 is 0 Å².